The van der Waals surface area contributed by atoms with Gasteiger partial charge in [-0.2, -0.15) is 0 Å². The van der Waals surface area contributed by atoms with Gasteiger partial charge in [0.2, 0.25) is 5.91 Å². The molecule has 0 aromatic carbocycles. The molecule has 3 atom stereocenters. The number of nitrogens with two attached hydrogens (primary N) is 1. The lowest BCUT2D eigenvalue weighted by Gasteiger charge is -2.15. The van der Waals surface area contributed by atoms with Gasteiger partial charge in [0.05, 0.1) is 18.1 Å². The van der Waals surface area contributed by atoms with Crippen LogP contribution in [0.15, 0.2) is 0 Å². The highest BCUT2D eigenvalue weighted by atomic mass is 16.5. The molecule has 0 radical (unpaired) electrons. The molecule has 0 aromatic rings. The summed E-state index contributed by atoms with van der Waals surface area (Å²) in [5.41, 5.74) is 2.17. The summed E-state index contributed by atoms with van der Waals surface area (Å²) in [6.45, 7) is 0. The first kappa shape index (κ1) is 7.06. The molecule has 2 rings (SSSR count). The summed E-state index contributed by atoms with van der Waals surface area (Å²) in [5.74, 6) is 4.97. The van der Waals surface area contributed by atoms with E-state index in [9.17, 15) is 4.79 Å². The number of ether oxygens (including phenoxy) is 1. The van der Waals surface area contributed by atoms with Crippen molar-refractivity contribution in [2.45, 2.75) is 31.5 Å². The maximum atomic E-state index is 11.1. The van der Waals surface area contributed by atoms with Gasteiger partial charge in [-0.3, -0.25) is 10.2 Å². The zero-order valence-electron chi connectivity index (χ0n) is 6.25. The van der Waals surface area contributed by atoms with Gasteiger partial charge in [-0.1, -0.05) is 0 Å². The Balaban J connectivity index is 2.02. The molecule has 0 unspecified atom stereocenters. The molecular weight excluding hydrogens is 144 g/mol. The number of carbonyl (C=O) groups excluding carboxylic acids is 1. The number of carbonyl (C=O) groups is 1. The summed E-state index contributed by atoms with van der Waals surface area (Å²) in [6.07, 6.45) is 3.45. The Kier molecular flexibility index (Phi) is 1.58. The maximum Gasteiger partial charge on any atom is 0.239 e. The molecule has 0 aliphatic carbocycles. The maximum absolute atomic E-state index is 11.1. The highest BCUT2D eigenvalue weighted by Crippen LogP contribution is 2.38. The number of hydrogen-bond acceptors (Lipinski definition) is 3. The van der Waals surface area contributed by atoms with E-state index in [1.54, 1.807) is 0 Å². The molecular formula is C7H12N2O2. The minimum absolute atomic E-state index is 0.0127. The quantitative estimate of drug-likeness (QED) is 0.307. The first-order chi connectivity index (χ1) is 5.31. The summed E-state index contributed by atoms with van der Waals surface area (Å²) in [6, 6.07) is 0. The SMILES string of the molecule is NNC(=O)[C@H]1C[C@@H]2CC[C@H]1O2. The monoisotopic (exact) mass is 156 g/mol. The molecule has 4 nitrogen and oxygen atoms in total. The van der Waals surface area contributed by atoms with Gasteiger partial charge in [0.25, 0.3) is 0 Å². The zero-order valence-corrected chi connectivity index (χ0v) is 6.25. The van der Waals surface area contributed by atoms with Crippen LogP contribution < -0.4 is 11.3 Å². The van der Waals surface area contributed by atoms with Gasteiger partial charge < -0.3 is 4.74 Å². The first-order valence-corrected chi connectivity index (χ1v) is 3.97. The Bertz CT molecular complexity index is 183. The van der Waals surface area contributed by atoms with Crippen molar-refractivity contribution in [3.63, 3.8) is 0 Å². The smallest absolute Gasteiger partial charge is 0.239 e. The molecule has 2 saturated heterocycles. The topological polar surface area (TPSA) is 64.3 Å². The van der Waals surface area contributed by atoms with Gasteiger partial charge in [-0.15, -0.1) is 0 Å². The Morgan fingerprint density at radius 2 is 2.36 bits per heavy atom. The largest absolute Gasteiger partial charge is 0.374 e. The van der Waals surface area contributed by atoms with Crippen molar-refractivity contribution in [2.75, 3.05) is 0 Å². The molecule has 0 spiro atoms. The lowest BCUT2D eigenvalue weighted by atomic mass is 9.89. The Morgan fingerprint density at radius 1 is 1.55 bits per heavy atom. The van der Waals surface area contributed by atoms with Crippen LogP contribution in [0.25, 0.3) is 0 Å². The van der Waals surface area contributed by atoms with Crippen molar-refractivity contribution in [3.05, 3.63) is 0 Å². The van der Waals surface area contributed by atoms with Crippen LogP contribution in [0.4, 0.5) is 0 Å². The molecule has 2 bridgehead atoms. The fraction of sp³-hybridized carbons (Fsp3) is 0.857. The van der Waals surface area contributed by atoms with Gasteiger partial charge >= 0.3 is 0 Å². The van der Waals surface area contributed by atoms with Crippen LogP contribution in [-0.2, 0) is 9.53 Å². The van der Waals surface area contributed by atoms with Gasteiger partial charge in [-0.25, -0.2) is 5.84 Å². The van der Waals surface area contributed by atoms with E-state index in [1.165, 1.54) is 0 Å². The lowest BCUT2D eigenvalue weighted by Crippen LogP contribution is -2.39. The van der Waals surface area contributed by atoms with E-state index in [-0.39, 0.29) is 17.9 Å². The average molecular weight is 156 g/mol. The molecule has 2 fully saturated rings. The van der Waals surface area contributed by atoms with Crippen LogP contribution >= 0.6 is 0 Å². The molecule has 2 aliphatic rings. The molecule has 2 heterocycles. The number of nitrogens with one attached hydrogen (secondary N) is 1. The van der Waals surface area contributed by atoms with Crippen molar-refractivity contribution >= 4 is 5.91 Å². The average Bonchev–Trinajstić information content (AvgIpc) is 2.62. The third-order valence-electron chi connectivity index (χ3n) is 2.59. The van der Waals surface area contributed by atoms with Gasteiger partial charge in [0.15, 0.2) is 0 Å². The first-order valence-electron chi connectivity index (χ1n) is 3.97. The number of fused-ring (bicyclic) bond motifs is 2. The van der Waals surface area contributed by atoms with Gasteiger partial charge in [0.1, 0.15) is 0 Å². The van der Waals surface area contributed by atoms with Crippen LogP contribution in [0.2, 0.25) is 0 Å². The second kappa shape index (κ2) is 2.46. The van der Waals surface area contributed by atoms with E-state index in [0.717, 1.165) is 19.3 Å². The van der Waals surface area contributed by atoms with Crippen LogP contribution in [0.3, 0.4) is 0 Å². The molecule has 2 aliphatic heterocycles. The molecule has 62 valence electrons. The van der Waals surface area contributed by atoms with Crippen molar-refractivity contribution in [1.82, 2.24) is 5.43 Å². The van der Waals surface area contributed by atoms with Crippen molar-refractivity contribution in [1.29, 1.82) is 0 Å². The normalized spacial score (nSPS) is 41.0. The predicted molar refractivity (Wildman–Crippen MR) is 38.3 cm³/mol. The highest BCUT2D eigenvalue weighted by molar-refractivity contribution is 5.79. The van der Waals surface area contributed by atoms with Crippen LogP contribution in [0.5, 0.6) is 0 Å². The Hall–Kier alpha value is -0.610. The minimum Gasteiger partial charge on any atom is -0.374 e. The second-order valence-electron chi connectivity index (χ2n) is 3.22. The van der Waals surface area contributed by atoms with E-state index in [4.69, 9.17) is 10.6 Å². The third kappa shape index (κ3) is 1.02. The number of amides is 1. The van der Waals surface area contributed by atoms with Gasteiger partial charge in [0, 0.05) is 0 Å². The summed E-state index contributed by atoms with van der Waals surface area (Å²) in [4.78, 5) is 11.1. The second-order valence-corrected chi connectivity index (χ2v) is 3.22. The van der Waals surface area contributed by atoms with Crippen molar-refractivity contribution in [2.24, 2.45) is 11.8 Å². The highest BCUT2D eigenvalue weighted by Gasteiger charge is 2.44. The van der Waals surface area contributed by atoms with E-state index in [0.29, 0.717) is 6.10 Å². The fourth-order valence-electron chi connectivity index (χ4n) is 2.02. The molecule has 3 N–H and O–H groups in total. The van der Waals surface area contributed by atoms with E-state index < -0.39 is 0 Å². The molecule has 11 heavy (non-hydrogen) atoms. The molecule has 0 aromatic heterocycles. The minimum atomic E-state index is -0.0720. The van der Waals surface area contributed by atoms with Crippen molar-refractivity contribution < 1.29 is 9.53 Å². The summed E-state index contributed by atoms with van der Waals surface area (Å²) >= 11 is 0. The van der Waals surface area contributed by atoms with E-state index >= 15 is 0 Å². The lowest BCUT2D eigenvalue weighted by molar-refractivity contribution is -0.126. The Morgan fingerprint density at radius 3 is 2.82 bits per heavy atom. The number of hydrazine groups is 1. The van der Waals surface area contributed by atoms with E-state index in [2.05, 4.69) is 5.43 Å². The number of rotatable bonds is 1. The Labute approximate surface area is 65.1 Å². The summed E-state index contributed by atoms with van der Waals surface area (Å²) in [7, 11) is 0. The zero-order chi connectivity index (χ0) is 7.84. The molecule has 4 heteroatoms. The summed E-state index contributed by atoms with van der Waals surface area (Å²) in [5, 5.41) is 0. The van der Waals surface area contributed by atoms with Crippen LogP contribution in [-0.4, -0.2) is 18.1 Å². The molecule has 0 saturated carbocycles. The van der Waals surface area contributed by atoms with E-state index in [1.807, 2.05) is 0 Å². The van der Waals surface area contributed by atoms with Crippen LogP contribution in [0.1, 0.15) is 19.3 Å². The van der Waals surface area contributed by atoms with Crippen molar-refractivity contribution in [3.8, 4) is 0 Å². The summed E-state index contributed by atoms with van der Waals surface area (Å²) < 4.78 is 5.49. The third-order valence-corrected chi connectivity index (χ3v) is 2.59. The van der Waals surface area contributed by atoms with Gasteiger partial charge in [-0.05, 0) is 19.3 Å². The predicted octanol–water partition coefficient (Wildman–Crippen LogP) is -0.456. The van der Waals surface area contributed by atoms with Crippen LogP contribution in [0, 0.1) is 5.92 Å². The standard InChI is InChI=1S/C7H12N2O2/c8-9-7(10)5-3-4-1-2-6(5)11-4/h4-6H,1-3,8H2,(H,9,10)/t4-,5-,6+/m0/s1. The number of hydrogen-bond donors (Lipinski definition) is 2. The fourth-order valence-corrected chi connectivity index (χ4v) is 2.02. The molecule has 1 amide bonds.